The summed E-state index contributed by atoms with van der Waals surface area (Å²) in [6.45, 7) is 1.18. The van der Waals surface area contributed by atoms with Crippen LogP contribution in [0.3, 0.4) is 0 Å². The number of aromatic nitrogens is 2. The van der Waals surface area contributed by atoms with Crippen LogP contribution in [0, 0.1) is 5.82 Å². The molecule has 3 aromatic carbocycles. The number of hydrogen-bond acceptors (Lipinski definition) is 4. The molecule has 0 N–H and O–H groups in total. The van der Waals surface area contributed by atoms with Gasteiger partial charge in [0, 0.05) is 6.54 Å². The molecule has 0 aliphatic rings. The molecule has 0 saturated heterocycles. The fraction of sp³-hybridized carbons (Fsp3) is 0.167. The first kappa shape index (κ1) is 19.0. The minimum atomic E-state index is -0.231. The van der Waals surface area contributed by atoms with Crippen LogP contribution in [-0.4, -0.2) is 22.1 Å². The molecular formula is C24H22FN3O. The van der Waals surface area contributed by atoms with Crippen molar-refractivity contribution in [1.29, 1.82) is 0 Å². The van der Waals surface area contributed by atoms with Gasteiger partial charge in [-0.1, -0.05) is 78.0 Å². The van der Waals surface area contributed by atoms with Gasteiger partial charge in [-0.3, -0.25) is 4.90 Å². The van der Waals surface area contributed by atoms with Crippen LogP contribution in [0.2, 0.25) is 0 Å². The van der Waals surface area contributed by atoms with Crippen LogP contribution < -0.4 is 0 Å². The van der Waals surface area contributed by atoms with E-state index in [2.05, 4.69) is 39.3 Å². The van der Waals surface area contributed by atoms with Crippen molar-refractivity contribution in [3.8, 4) is 0 Å². The van der Waals surface area contributed by atoms with Crippen LogP contribution in [0.4, 0.5) is 4.39 Å². The van der Waals surface area contributed by atoms with Crippen molar-refractivity contribution in [2.24, 2.45) is 0 Å². The van der Waals surface area contributed by atoms with E-state index in [1.54, 1.807) is 12.1 Å². The molecule has 4 nitrogen and oxygen atoms in total. The van der Waals surface area contributed by atoms with Gasteiger partial charge < -0.3 is 4.52 Å². The van der Waals surface area contributed by atoms with Gasteiger partial charge >= 0.3 is 0 Å². The predicted octanol–water partition coefficient (Wildman–Crippen LogP) is 5.02. The Hall–Kier alpha value is -3.31. The van der Waals surface area contributed by atoms with E-state index in [-0.39, 0.29) is 11.7 Å². The van der Waals surface area contributed by atoms with Crippen molar-refractivity contribution >= 4 is 0 Å². The molecule has 0 aliphatic carbocycles. The zero-order valence-electron chi connectivity index (χ0n) is 16.2. The topological polar surface area (TPSA) is 42.2 Å². The number of halogens is 1. The summed E-state index contributed by atoms with van der Waals surface area (Å²) in [5, 5.41) is 4.28. The summed E-state index contributed by atoms with van der Waals surface area (Å²) in [4.78, 5) is 6.74. The molecule has 29 heavy (non-hydrogen) atoms. The molecule has 5 heteroatoms. The van der Waals surface area contributed by atoms with Gasteiger partial charge in [0.2, 0.25) is 5.89 Å². The van der Waals surface area contributed by atoms with Crippen LogP contribution in [0.5, 0.6) is 0 Å². The van der Waals surface area contributed by atoms with Gasteiger partial charge in [0.05, 0.1) is 12.5 Å². The van der Waals surface area contributed by atoms with Crippen molar-refractivity contribution in [3.63, 3.8) is 0 Å². The summed E-state index contributed by atoms with van der Waals surface area (Å²) in [5.74, 6) is 0.886. The smallest absolute Gasteiger partial charge is 0.240 e. The van der Waals surface area contributed by atoms with Gasteiger partial charge in [0.25, 0.3) is 0 Å². The molecule has 0 radical (unpaired) electrons. The fourth-order valence-corrected chi connectivity index (χ4v) is 3.42. The van der Waals surface area contributed by atoms with E-state index in [9.17, 15) is 4.39 Å². The van der Waals surface area contributed by atoms with Crippen molar-refractivity contribution in [3.05, 3.63) is 119 Å². The Morgan fingerprint density at radius 1 is 0.828 bits per heavy atom. The lowest BCUT2D eigenvalue weighted by Gasteiger charge is -2.15. The van der Waals surface area contributed by atoms with Gasteiger partial charge in [0.15, 0.2) is 5.82 Å². The lowest BCUT2D eigenvalue weighted by atomic mass is 9.91. The van der Waals surface area contributed by atoms with Crippen molar-refractivity contribution < 1.29 is 8.91 Å². The Morgan fingerprint density at radius 2 is 1.41 bits per heavy atom. The van der Waals surface area contributed by atoms with Crippen LogP contribution in [0.25, 0.3) is 0 Å². The maximum Gasteiger partial charge on any atom is 0.240 e. The largest absolute Gasteiger partial charge is 0.338 e. The molecule has 0 spiro atoms. The van der Waals surface area contributed by atoms with E-state index in [0.29, 0.717) is 24.8 Å². The Kier molecular flexibility index (Phi) is 5.77. The van der Waals surface area contributed by atoms with Crippen LogP contribution in [-0.2, 0) is 13.1 Å². The average Bonchev–Trinajstić information content (AvgIpc) is 3.19. The van der Waals surface area contributed by atoms with E-state index in [0.717, 1.165) is 16.7 Å². The highest BCUT2D eigenvalue weighted by atomic mass is 19.1. The molecule has 146 valence electrons. The third-order valence-electron chi connectivity index (χ3n) is 4.78. The van der Waals surface area contributed by atoms with Gasteiger partial charge in [-0.25, -0.2) is 4.39 Å². The Balaban J connectivity index is 1.53. The molecule has 0 amide bonds. The molecule has 0 bridgehead atoms. The first-order chi connectivity index (χ1) is 14.2. The summed E-state index contributed by atoms with van der Waals surface area (Å²) >= 11 is 0. The molecule has 0 unspecified atom stereocenters. The summed E-state index contributed by atoms with van der Waals surface area (Å²) in [5.41, 5.74) is 3.26. The summed E-state index contributed by atoms with van der Waals surface area (Å²) in [7, 11) is 1.97. The lowest BCUT2D eigenvalue weighted by Crippen LogP contribution is -2.17. The Labute approximate surface area is 169 Å². The van der Waals surface area contributed by atoms with E-state index >= 15 is 0 Å². The molecule has 0 fully saturated rings. The second-order valence-electron chi connectivity index (χ2n) is 7.10. The number of hydrogen-bond donors (Lipinski definition) is 0. The van der Waals surface area contributed by atoms with Crippen LogP contribution >= 0.6 is 0 Å². The quantitative estimate of drug-likeness (QED) is 0.446. The van der Waals surface area contributed by atoms with Crippen molar-refractivity contribution in [1.82, 2.24) is 15.0 Å². The summed E-state index contributed by atoms with van der Waals surface area (Å²) < 4.78 is 18.6. The van der Waals surface area contributed by atoms with Crippen molar-refractivity contribution in [2.45, 2.75) is 19.0 Å². The fourth-order valence-electron chi connectivity index (χ4n) is 3.42. The van der Waals surface area contributed by atoms with E-state index in [1.807, 2.05) is 43.4 Å². The highest BCUT2D eigenvalue weighted by Gasteiger charge is 2.22. The van der Waals surface area contributed by atoms with Gasteiger partial charge in [0.1, 0.15) is 5.82 Å². The maximum absolute atomic E-state index is 13.1. The number of rotatable bonds is 7. The third-order valence-corrected chi connectivity index (χ3v) is 4.78. The molecule has 0 aliphatic heterocycles. The van der Waals surface area contributed by atoms with Crippen LogP contribution in [0.15, 0.2) is 89.5 Å². The molecule has 4 aromatic rings. The predicted molar refractivity (Wildman–Crippen MR) is 110 cm³/mol. The third kappa shape index (κ3) is 4.76. The molecule has 0 atom stereocenters. The molecule has 4 rings (SSSR count). The monoisotopic (exact) mass is 387 g/mol. The maximum atomic E-state index is 13.1. The van der Waals surface area contributed by atoms with E-state index in [4.69, 9.17) is 4.52 Å². The average molecular weight is 387 g/mol. The zero-order valence-corrected chi connectivity index (χ0v) is 16.2. The standard InChI is InChI=1S/C24H22FN3O/c1-28(16-18-12-14-21(25)15-13-18)17-22-26-24(27-29-22)23(19-8-4-2-5-9-19)20-10-6-3-7-11-20/h2-15,23H,16-17H2,1H3. The normalized spacial score (nSPS) is 11.3. The minimum absolute atomic E-state index is 0.0858. The number of benzene rings is 3. The highest BCUT2D eigenvalue weighted by Crippen LogP contribution is 2.29. The molecule has 1 aromatic heterocycles. The minimum Gasteiger partial charge on any atom is -0.338 e. The van der Waals surface area contributed by atoms with Crippen molar-refractivity contribution in [2.75, 3.05) is 7.05 Å². The van der Waals surface area contributed by atoms with Gasteiger partial charge in [-0.15, -0.1) is 0 Å². The first-order valence-electron chi connectivity index (χ1n) is 9.54. The van der Waals surface area contributed by atoms with Gasteiger partial charge in [-0.05, 0) is 35.9 Å². The van der Waals surface area contributed by atoms with E-state index < -0.39 is 0 Å². The second kappa shape index (κ2) is 8.80. The Bertz CT molecular complexity index is 993. The Morgan fingerprint density at radius 3 is 2.00 bits per heavy atom. The lowest BCUT2D eigenvalue weighted by molar-refractivity contribution is 0.260. The molecule has 1 heterocycles. The number of nitrogens with zero attached hydrogens (tertiary/aromatic N) is 3. The highest BCUT2D eigenvalue weighted by molar-refractivity contribution is 5.37. The molecular weight excluding hydrogens is 365 g/mol. The summed E-state index contributed by atoms with van der Waals surface area (Å²) in [6, 6.07) is 26.9. The van der Waals surface area contributed by atoms with E-state index in [1.165, 1.54) is 12.1 Å². The van der Waals surface area contributed by atoms with Gasteiger partial charge in [-0.2, -0.15) is 4.98 Å². The molecule has 0 saturated carbocycles. The first-order valence-corrected chi connectivity index (χ1v) is 9.54. The van der Waals surface area contributed by atoms with Crippen LogP contribution in [0.1, 0.15) is 34.3 Å². The zero-order chi connectivity index (χ0) is 20.1. The SMILES string of the molecule is CN(Cc1ccc(F)cc1)Cc1nc(C(c2ccccc2)c2ccccc2)no1. The second-order valence-corrected chi connectivity index (χ2v) is 7.10. The summed E-state index contributed by atoms with van der Waals surface area (Å²) in [6.07, 6.45) is 0.